The summed E-state index contributed by atoms with van der Waals surface area (Å²) in [4.78, 5) is 26.7. The van der Waals surface area contributed by atoms with Crippen LogP contribution in [0.15, 0.2) is 0 Å². The van der Waals surface area contributed by atoms with Gasteiger partial charge in [-0.3, -0.25) is 9.59 Å². The molecule has 2 saturated carbocycles. The predicted octanol–water partition coefficient (Wildman–Crippen LogP) is 1.56. The van der Waals surface area contributed by atoms with Crippen LogP contribution >= 0.6 is 0 Å². The molecule has 8 atom stereocenters. The average Bonchev–Trinajstić information content (AvgIpc) is 3.17. The molecule has 1 unspecified atom stereocenters. The fourth-order valence-electron chi connectivity index (χ4n) is 5.66. The van der Waals surface area contributed by atoms with Crippen molar-refractivity contribution in [3.63, 3.8) is 0 Å². The summed E-state index contributed by atoms with van der Waals surface area (Å²) in [5.74, 6) is -4.59. The van der Waals surface area contributed by atoms with E-state index in [1.807, 2.05) is 13.8 Å². The van der Waals surface area contributed by atoms with Crippen LogP contribution in [0.1, 0.15) is 47.0 Å². The SMILES string of the molecule is COC(=O)[C@H]1C[C@H]2O[C@](C)(OC)[C@@](C)(OC)O[C@@H]2C(=O)C12C[C@@H]1OC(C)(C)O[C@@H]1C2. The van der Waals surface area contributed by atoms with Crippen LogP contribution in [0.3, 0.4) is 0 Å². The fraction of sp³-hybridized carbons (Fsp3) is 0.905. The van der Waals surface area contributed by atoms with E-state index >= 15 is 0 Å². The molecule has 0 radical (unpaired) electrons. The molecule has 4 aliphatic rings. The number of rotatable bonds is 3. The Morgan fingerprint density at radius 3 is 1.90 bits per heavy atom. The van der Waals surface area contributed by atoms with Crippen molar-refractivity contribution in [3.8, 4) is 0 Å². The highest BCUT2D eigenvalue weighted by Crippen LogP contribution is 2.58. The molecule has 4 rings (SSSR count). The van der Waals surface area contributed by atoms with Gasteiger partial charge in [0.15, 0.2) is 11.6 Å². The Labute approximate surface area is 176 Å². The highest BCUT2D eigenvalue weighted by Gasteiger charge is 2.69. The van der Waals surface area contributed by atoms with Crippen LogP contribution in [0.5, 0.6) is 0 Å². The lowest BCUT2D eigenvalue weighted by Crippen LogP contribution is -2.70. The van der Waals surface area contributed by atoms with Crippen LogP contribution in [-0.4, -0.2) is 74.9 Å². The molecule has 2 saturated heterocycles. The van der Waals surface area contributed by atoms with E-state index in [-0.39, 0.29) is 24.4 Å². The standard InChI is InChI=1S/C21H32O9/c1-18(2)27-13-9-21(10-14(13)28-18)11(17(23)24-5)8-12-15(16(21)22)30-20(4,26-7)19(3,25-6)29-12/h11-15H,8-10H2,1-7H3/t11-,12-,13-,14+,15+,19+,20+,21?/m1/s1. The first-order valence-corrected chi connectivity index (χ1v) is 10.4. The largest absolute Gasteiger partial charge is 0.469 e. The van der Waals surface area contributed by atoms with Crippen molar-refractivity contribution in [2.45, 2.75) is 88.7 Å². The highest BCUT2D eigenvalue weighted by molar-refractivity contribution is 5.95. The quantitative estimate of drug-likeness (QED) is 0.620. The van der Waals surface area contributed by atoms with Crippen LogP contribution in [0.4, 0.5) is 0 Å². The molecule has 170 valence electrons. The summed E-state index contributed by atoms with van der Waals surface area (Å²) in [5, 5.41) is 0. The Balaban J connectivity index is 1.69. The van der Waals surface area contributed by atoms with Crippen molar-refractivity contribution < 1.29 is 42.7 Å². The summed E-state index contributed by atoms with van der Waals surface area (Å²) in [7, 11) is 4.29. The number of esters is 1. The van der Waals surface area contributed by atoms with Gasteiger partial charge in [0.25, 0.3) is 0 Å². The molecule has 9 nitrogen and oxygen atoms in total. The number of carbonyl (C=O) groups is 2. The number of methoxy groups -OCH3 is 3. The first kappa shape index (κ1) is 22.1. The first-order valence-electron chi connectivity index (χ1n) is 10.4. The summed E-state index contributed by atoms with van der Waals surface area (Å²) in [6.07, 6.45) is -1.09. The van der Waals surface area contributed by atoms with Crippen molar-refractivity contribution in [2.75, 3.05) is 21.3 Å². The third-order valence-electron chi connectivity index (χ3n) is 7.46. The van der Waals surface area contributed by atoms with E-state index in [0.29, 0.717) is 12.8 Å². The van der Waals surface area contributed by atoms with Crippen LogP contribution in [-0.2, 0) is 42.7 Å². The molecule has 2 aliphatic heterocycles. The van der Waals surface area contributed by atoms with E-state index in [4.69, 9.17) is 33.2 Å². The minimum absolute atomic E-state index is 0.199. The predicted molar refractivity (Wildman–Crippen MR) is 101 cm³/mol. The molecule has 1 spiro atoms. The Hall–Kier alpha value is -1.10. The molecule has 0 N–H and O–H groups in total. The maximum absolute atomic E-state index is 13.9. The minimum atomic E-state index is -1.30. The topological polar surface area (TPSA) is 98.8 Å². The number of ether oxygens (including phenoxy) is 7. The molecule has 4 fully saturated rings. The maximum Gasteiger partial charge on any atom is 0.309 e. The molecule has 30 heavy (non-hydrogen) atoms. The lowest BCUT2D eigenvalue weighted by molar-refractivity contribution is -0.446. The number of carbonyl (C=O) groups excluding carboxylic acids is 2. The second kappa shape index (κ2) is 6.95. The third kappa shape index (κ3) is 2.97. The van der Waals surface area contributed by atoms with Gasteiger partial charge < -0.3 is 33.2 Å². The number of fused-ring (bicyclic) bond motifs is 2. The molecule has 0 amide bonds. The Morgan fingerprint density at radius 1 is 0.867 bits per heavy atom. The molecular weight excluding hydrogens is 396 g/mol. The van der Waals surface area contributed by atoms with E-state index in [1.165, 1.54) is 21.3 Å². The molecule has 0 bridgehead atoms. The normalized spacial score (nSPS) is 49.7. The molecule has 0 aromatic carbocycles. The monoisotopic (exact) mass is 428 g/mol. The average molecular weight is 428 g/mol. The lowest BCUT2D eigenvalue weighted by Gasteiger charge is -2.56. The molecule has 0 aromatic rings. The van der Waals surface area contributed by atoms with E-state index in [9.17, 15) is 9.59 Å². The maximum atomic E-state index is 13.9. The van der Waals surface area contributed by atoms with Gasteiger partial charge in [0.05, 0.1) is 36.8 Å². The fourth-order valence-corrected chi connectivity index (χ4v) is 5.66. The summed E-state index contributed by atoms with van der Waals surface area (Å²) in [6.45, 7) is 7.07. The zero-order valence-corrected chi connectivity index (χ0v) is 18.7. The molecule has 2 heterocycles. The van der Waals surface area contributed by atoms with Crippen LogP contribution in [0.25, 0.3) is 0 Å². The lowest BCUT2D eigenvalue weighted by atomic mass is 9.61. The Bertz CT molecular complexity index is 720. The van der Waals surface area contributed by atoms with Crippen molar-refractivity contribution in [1.29, 1.82) is 0 Å². The first-order chi connectivity index (χ1) is 13.9. The Kier molecular flexibility index (Phi) is 5.12. The van der Waals surface area contributed by atoms with E-state index in [0.717, 1.165) is 0 Å². The van der Waals surface area contributed by atoms with Crippen molar-refractivity contribution in [1.82, 2.24) is 0 Å². The van der Waals surface area contributed by atoms with Gasteiger partial charge in [-0.2, -0.15) is 0 Å². The zero-order valence-electron chi connectivity index (χ0n) is 18.7. The summed E-state index contributed by atoms with van der Waals surface area (Å²) >= 11 is 0. The van der Waals surface area contributed by atoms with Crippen molar-refractivity contribution in [3.05, 3.63) is 0 Å². The van der Waals surface area contributed by atoms with Gasteiger partial charge in [-0.15, -0.1) is 0 Å². The zero-order chi connectivity index (χ0) is 22.1. The van der Waals surface area contributed by atoms with Crippen molar-refractivity contribution in [2.24, 2.45) is 11.3 Å². The van der Waals surface area contributed by atoms with E-state index in [2.05, 4.69) is 0 Å². The summed E-state index contributed by atoms with van der Waals surface area (Å²) in [6, 6.07) is 0. The molecular formula is C21H32O9. The van der Waals surface area contributed by atoms with Crippen LogP contribution < -0.4 is 0 Å². The van der Waals surface area contributed by atoms with Gasteiger partial charge >= 0.3 is 5.97 Å². The van der Waals surface area contributed by atoms with Crippen LogP contribution in [0.2, 0.25) is 0 Å². The number of ketones is 1. The van der Waals surface area contributed by atoms with Crippen molar-refractivity contribution >= 4 is 11.8 Å². The second-order valence-electron chi connectivity index (χ2n) is 9.45. The van der Waals surface area contributed by atoms with Gasteiger partial charge in [-0.1, -0.05) is 0 Å². The van der Waals surface area contributed by atoms with Gasteiger partial charge in [0.2, 0.25) is 11.6 Å². The summed E-state index contributed by atoms with van der Waals surface area (Å²) in [5.41, 5.74) is -1.00. The van der Waals surface area contributed by atoms with Gasteiger partial charge in [-0.25, -0.2) is 0 Å². The number of hydrogen-bond acceptors (Lipinski definition) is 9. The van der Waals surface area contributed by atoms with Gasteiger partial charge in [-0.05, 0) is 47.0 Å². The number of hydrogen-bond donors (Lipinski definition) is 0. The molecule has 9 heteroatoms. The van der Waals surface area contributed by atoms with Crippen LogP contribution in [0, 0.1) is 11.3 Å². The molecule has 2 aliphatic carbocycles. The van der Waals surface area contributed by atoms with E-state index in [1.54, 1.807) is 13.8 Å². The smallest absolute Gasteiger partial charge is 0.309 e. The Morgan fingerprint density at radius 2 is 1.40 bits per heavy atom. The molecule has 0 aromatic heterocycles. The third-order valence-corrected chi connectivity index (χ3v) is 7.46. The summed E-state index contributed by atoms with van der Waals surface area (Å²) < 4.78 is 40.6. The highest BCUT2D eigenvalue weighted by atomic mass is 16.8. The van der Waals surface area contributed by atoms with Gasteiger partial charge in [0.1, 0.15) is 6.10 Å². The van der Waals surface area contributed by atoms with E-state index < -0.39 is 46.9 Å². The second-order valence-corrected chi connectivity index (χ2v) is 9.45. The van der Waals surface area contributed by atoms with Gasteiger partial charge in [0, 0.05) is 14.2 Å². The minimum Gasteiger partial charge on any atom is -0.469 e. The number of Topliss-reactive ketones (excluding diaryl/α,β-unsaturated/α-hetero) is 1.